The lowest BCUT2D eigenvalue weighted by Crippen LogP contribution is -2.44. The first-order valence-electron chi connectivity index (χ1n) is 4.34. The molecule has 76 valence electrons. The zero-order chi connectivity index (χ0) is 9.41. The standard InChI is InChI=1S/C9H18N2Si.ClH/c1-9(2,3)12(4,5)11-7-6-10-8-11;/h6-8H,1-5H3;1H. The molecule has 2 nitrogen and oxygen atoms in total. The maximum atomic E-state index is 4.10. The largest absolute Gasteiger partial charge is 0.364 e. The minimum atomic E-state index is -1.37. The summed E-state index contributed by atoms with van der Waals surface area (Å²) in [5, 5.41) is 0.383. The first-order chi connectivity index (χ1) is 5.36. The monoisotopic (exact) mass is 218 g/mol. The van der Waals surface area contributed by atoms with Gasteiger partial charge < -0.3 is 4.23 Å². The molecule has 0 spiro atoms. The number of imidazole rings is 1. The summed E-state index contributed by atoms with van der Waals surface area (Å²) in [7, 11) is -1.37. The quantitative estimate of drug-likeness (QED) is 0.663. The molecule has 1 aromatic rings. The highest BCUT2D eigenvalue weighted by Gasteiger charge is 2.36. The molecule has 0 aliphatic heterocycles. The topological polar surface area (TPSA) is 17.8 Å². The Balaban J connectivity index is 0.00000144. The molecule has 0 aliphatic carbocycles. The second kappa shape index (κ2) is 3.84. The Bertz CT molecular complexity index is 249. The van der Waals surface area contributed by atoms with Gasteiger partial charge in [-0.3, -0.25) is 0 Å². The van der Waals surface area contributed by atoms with Crippen LogP contribution in [0.2, 0.25) is 18.1 Å². The van der Waals surface area contributed by atoms with E-state index in [1.54, 1.807) is 0 Å². The lowest BCUT2D eigenvalue weighted by atomic mass is 10.2. The SMILES string of the molecule is CC(C)(C)[Si](C)(C)n1ccnc1.Cl. The Morgan fingerprint density at radius 1 is 1.23 bits per heavy atom. The minimum Gasteiger partial charge on any atom is -0.364 e. The molecule has 0 aliphatic rings. The van der Waals surface area contributed by atoms with Gasteiger partial charge >= 0.3 is 0 Å². The average Bonchev–Trinajstić information content (AvgIpc) is 2.34. The van der Waals surface area contributed by atoms with Crippen molar-refractivity contribution in [3.63, 3.8) is 0 Å². The third kappa shape index (κ3) is 2.35. The minimum absolute atomic E-state index is 0. The molecule has 0 saturated carbocycles. The lowest BCUT2D eigenvalue weighted by molar-refractivity contribution is 0.699. The fourth-order valence-electron chi connectivity index (χ4n) is 0.977. The Kier molecular flexibility index (Phi) is 3.76. The molecule has 13 heavy (non-hydrogen) atoms. The zero-order valence-corrected chi connectivity index (χ0v) is 10.9. The van der Waals surface area contributed by atoms with E-state index in [1.807, 2.05) is 12.5 Å². The molecule has 0 atom stereocenters. The van der Waals surface area contributed by atoms with Crippen LogP contribution in [0.1, 0.15) is 20.8 Å². The van der Waals surface area contributed by atoms with Crippen molar-refractivity contribution in [1.29, 1.82) is 0 Å². The van der Waals surface area contributed by atoms with Crippen molar-refractivity contribution in [3.05, 3.63) is 18.7 Å². The van der Waals surface area contributed by atoms with E-state index in [1.165, 1.54) is 0 Å². The second-order valence-electron chi connectivity index (χ2n) is 4.78. The molecule has 0 radical (unpaired) electrons. The number of hydrogen-bond donors (Lipinski definition) is 0. The van der Waals surface area contributed by atoms with Gasteiger partial charge in [0.05, 0.1) is 6.33 Å². The third-order valence-electron chi connectivity index (χ3n) is 2.99. The molecule has 0 fully saturated rings. The molecule has 4 heteroatoms. The molecule has 0 N–H and O–H groups in total. The molecule has 0 amide bonds. The van der Waals surface area contributed by atoms with Gasteiger partial charge in [0, 0.05) is 12.4 Å². The van der Waals surface area contributed by atoms with Crippen LogP contribution in [0.3, 0.4) is 0 Å². The summed E-state index contributed by atoms with van der Waals surface area (Å²) >= 11 is 0. The van der Waals surface area contributed by atoms with E-state index in [0.717, 1.165) is 0 Å². The van der Waals surface area contributed by atoms with E-state index in [9.17, 15) is 0 Å². The third-order valence-corrected chi connectivity index (χ3v) is 8.21. The summed E-state index contributed by atoms with van der Waals surface area (Å²) in [5.74, 6) is 0. The van der Waals surface area contributed by atoms with Gasteiger partial charge in [0.2, 0.25) is 0 Å². The summed E-state index contributed by atoms with van der Waals surface area (Å²) in [6.45, 7) is 11.7. The number of aromatic nitrogens is 2. The first kappa shape index (κ1) is 12.7. The Labute approximate surface area is 87.9 Å². The zero-order valence-electron chi connectivity index (χ0n) is 9.03. The maximum absolute atomic E-state index is 4.10. The Morgan fingerprint density at radius 2 is 1.77 bits per heavy atom. The molecule has 1 heterocycles. The molecule has 0 saturated heterocycles. The van der Waals surface area contributed by atoms with Crippen molar-refractivity contribution >= 4 is 20.6 Å². The number of nitrogens with zero attached hydrogens (tertiary/aromatic N) is 2. The van der Waals surface area contributed by atoms with Crippen molar-refractivity contribution in [1.82, 2.24) is 9.22 Å². The molecule has 1 aromatic heterocycles. The van der Waals surface area contributed by atoms with Crippen molar-refractivity contribution in [2.45, 2.75) is 38.9 Å². The predicted molar refractivity (Wildman–Crippen MR) is 62.1 cm³/mol. The van der Waals surface area contributed by atoms with Gasteiger partial charge in [0.15, 0.2) is 8.24 Å². The molecule has 0 unspecified atom stereocenters. The van der Waals surface area contributed by atoms with Crippen molar-refractivity contribution < 1.29 is 0 Å². The van der Waals surface area contributed by atoms with E-state index in [4.69, 9.17) is 0 Å². The highest BCUT2D eigenvalue weighted by molar-refractivity contribution is 6.78. The molecular formula is C9H19ClN2Si. The Hall–Kier alpha value is -0.283. The Morgan fingerprint density at radius 3 is 2.08 bits per heavy atom. The van der Waals surface area contributed by atoms with Gasteiger partial charge in [-0.25, -0.2) is 4.98 Å². The van der Waals surface area contributed by atoms with Gasteiger partial charge in [0.25, 0.3) is 0 Å². The number of hydrogen-bond acceptors (Lipinski definition) is 1. The van der Waals surface area contributed by atoms with Crippen LogP contribution in [0.4, 0.5) is 0 Å². The molecule has 0 aromatic carbocycles. The van der Waals surface area contributed by atoms with Gasteiger partial charge in [-0.1, -0.05) is 33.9 Å². The van der Waals surface area contributed by atoms with Crippen molar-refractivity contribution in [2.75, 3.05) is 0 Å². The molecular weight excluding hydrogens is 200 g/mol. The average molecular weight is 219 g/mol. The summed E-state index contributed by atoms with van der Waals surface area (Å²) < 4.78 is 2.30. The van der Waals surface area contributed by atoms with E-state index in [2.05, 4.69) is 49.3 Å². The van der Waals surface area contributed by atoms with Gasteiger partial charge in [0.1, 0.15) is 0 Å². The maximum Gasteiger partial charge on any atom is 0.162 e. The fourth-order valence-corrected chi connectivity index (χ4v) is 2.55. The summed E-state index contributed by atoms with van der Waals surface area (Å²) in [6, 6.07) is 0. The van der Waals surface area contributed by atoms with Gasteiger partial charge in [-0.05, 0) is 5.04 Å². The van der Waals surface area contributed by atoms with Crippen LogP contribution in [0.5, 0.6) is 0 Å². The summed E-state index contributed by atoms with van der Waals surface area (Å²) in [4.78, 5) is 4.10. The smallest absolute Gasteiger partial charge is 0.162 e. The van der Waals surface area contributed by atoms with Crippen LogP contribution in [0, 0.1) is 0 Å². The van der Waals surface area contributed by atoms with Crippen LogP contribution in [-0.2, 0) is 0 Å². The highest BCUT2D eigenvalue weighted by Crippen LogP contribution is 2.36. The van der Waals surface area contributed by atoms with Gasteiger partial charge in [-0.15, -0.1) is 12.4 Å². The van der Waals surface area contributed by atoms with Crippen molar-refractivity contribution in [2.24, 2.45) is 0 Å². The van der Waals surface area contributed by atoms with E-state index in [0.29, 0.717) is 5.04 Å². The normalized spacial score (nSPS) is 12.4. The fraction of sp³-hybridized carbons (Fsp3) is 0.667. The van der Waals surface area contributed by atoms with Crippen LogP contribution >= 0.6 is 12.4 Å². The molecule has 0 bridgehead atoms. The summed E-state index contributed by atoms with van der Waals surface area (Å²) in [6.07, 6.45) is 5.88. The highest BCUT2D eigenvalue weighted by atomic mass is 35.5. The predicted octanol–water partition coefficient (Wildman–Crippen LogP) is 3.16. The number of rotatable bonds is 1. The van der Waals surface area contributed by atoms with Crippen molar-refractivity contribution in [3.8, 4) is 0 Å². The van der Waals surface area contributed by atoms with Crippen LogP contribution in [-0.4, -0.2) is 17.5 Å². The summed E-state index contributed by atoms with van der Waals surface area (Å²) in [5.41, 5.74) is 0. The first-order valence-corrected chi connectivity index (χ1v) is 7.29. The van der Waals surface area contributed by atoms with Crippen LogP contribution < -0.4 is 0 Å². The van der Waals surface area contributed by atoms with E-state index in [-0.39, 0.29) is 12.4 Å². The number of halogens is 1. The van der Waals surface area contributed by atoms with Crippen LogP contribution in [0.15, 0.2) is 18.7 Å². The van der Waals surface area contributed by atoms with Crippen LogP contribution in [0.25, 0.3) is 0 Å². The molecule has 1 rings (SSSR count). The van der Waals surface area contributed by atoms with Gasteiger partial charge in [-0.2, -0.15) is 0 Å². The van der Waals surface area contributed by atoms with E-state index >= 15 is 0 Å². The second-order valence-corrected chi connectivity index (χ2v) is 9.91. The van der Waals surface area contributed by atoms with E-state index < -0.39 is 8.24 Å². The lowest BCUT2D eigenvalue weighted by Gasteiger charge is -2.37.